The Labute approximate surface area is 116 Å². The Morgan fingerprint density at radius 1 is 1.26 bits per heavy atom. The molecule has 0 aliphatic rings. The average molecular weight is 287 g/mol. The Kier molecular flexibility index (Phi) is 5.55. The van der Waals surface area contributed by atoms with E-state index in [1.165, 1.54) is 0 Å². The Balaban J connectivity index is 2.99. The molecular weight excluding hydrogens is 262 g/mol. The molecule has 110 valence electrons. The summed E-state index contributed by atoms with van der Waals surface area (Å²) in [5.74, 6) is 0.131. The summed E-state index contributed by atoms with van der Waals surface area (Å²) in [5, 5.41) is 4.16. The van der Waals surface area contributed by atoms with Gasteiger partial charge >= 0.3 is 0 Å². The fourth-order valence-corrected chi connectivity index (χ4v) is 3.04. The number of aryl methyl sites for hydroxylation is 2. The highest BCUT2D eigenvalue weighted by molar-refractivity contribution is 7.91. The van der Waals surface area contributed by atoms with Crippen LogP contribution in [0.4, 0.5) is 0 Å². The summed E-state index contributed by atoms with van der Waals surface area (Å²) in [4.78, 5) is 0. The molecule has 0 fully saturated rings. The lowest BCUT2D eigenvalue weighted by Gasteiger charge is -2.10. The molecule has 0 unspecified atom stereocenters. The zero-order valence-corrected chi connectivity index (χ0v) is 13.1. The number of nitrogens with two attached hydrogens (primary N) is 1. The van der Waals surface area contributed by atoms with E-state index in [-0.39, 0.29) is 11.0 Å². The highest BCUT2D eigenvalue weighted by atomic mass is 32.2. The van der Waals surface area contributed by atoms with Gasteiger partial charge in [-0.25, -0.2) is 8.42 Å². The second kappa shape index (κ2) is 6.52. The largest absolute Gasteiger partial charge is 0.326 e. The smallest absolute Gasteiger partial charge is 0.154 e. The molecule has 5 nitrogen and oxygen atoms in total. The van der Waals surface area contributed by atoms with Crippen molar-refractivity contribution in [1.29, 1.82) is 0 Å². The van der Waals surface area contributed by atoms with Crippen molar-refractivity contribution in [3.05, 3.63) is 17.0 Å². The predicted molar refractivity (Wildman–Crippen MR) is 77.8 cm³/mol. The molecular formula is C13H25N3O2S. The average Bonchev–Trinajstić information content (AvgIpc) is 2.72. The summed E-state index contributed by atoms with van der Waals surface area (Å²) < 4.78 is 25.6. The molecule has 0 radical (unpaired) electrons. The molecule has 1 rings (SSSR count). The van der Waals surface area contributed by atoms with E-state index in [9.17, 15) is 8.42 Å². The first-order chi connectivity index (χ1) is 8.87. The van der Waals surface area contributed by atoms with Crippen LogP contribution in [0.1, 0.15) is 44.6 Å². The lowest BCUT2D eigenvalue weighted by molar-refractivity contribution is 0.565. The third-order valence-corrected chi connectivity index (χ3v) is 5.62. The van der Waals surface area contributed by atoms with Gasteiger partial charge in [0, 0.05) is 17.8 Å². The van der Waals surface area contributed by atoms with Gasteiger partial charge in [-0.15, -0.1) is 0 Å². The van der Waals surface area contributed by atoms with Crippen molar-refractivity contribution in [3.63, 3.8) is 0 Å². The maximum absolute atomic E-state index is 11.9. The number of hydrogen-bond donors (Lipinski definition) is 1. The molecule has 6 heteroatoms. The van der Waals surface area contributed by atoms with E-state index in [0.717, 1.165) is 29.8 Å². The van der Waals surface area contributed by atoms with Crippen LogP contribution in [0.5, 0.6) is 0 Å². The highest BCUT2D eigenvalue weighted by Gasteiger charge is 2.19. The van der Waals surface area contributed by atoms with Crippen LogP contribution in [-0.4, -0.2) is 29.2 Å². The van der Waals surface area contributed by atoms with Crippen LogP contribution in [0.15, 0.2) is 0 Å². The van der Waals surface area contributed by atoms with Gasteiger partial charge in [0.1, 0.15) is 0 Å². The lowest BCUT2D eigenvalue weighted by Crippen LogP contribution is -2.22. The minimum atomic E-state index is -3.03. The van der Waals surface area contributed by atoms with Gasteiger partial charge in [0.25, 0.3) is 0 Å². The minimum Gasteiger partial charge on any atom is -0.326 e. The molecule has 0 bridgehead atoms. The topological polar surface area (TPSA) is 78.0 Å². The summed E-state index contributed by atoms with van der Waals surface area (Å²) in [5.41, 5.74) is 8.91. The summed E-state index contributed by atoms with van der Waals surface area (Å²) in [6, 6.07) is 0. The number of aromatic nitrogens is 2. The Morgan fingerprint density at radius 3 is 2.32 bits per heavy atom. The van der Waals surface area contributed by atoms with Crippen molar-refractivity contribution < 1.29 is 8.42 Å². The van der Waals surface area contributed by atoms with Crippen LogP contribution < -0.4 is 5.73 Å². The molecule has 0 amide bonds. The van der Waals surface area contributed by atoms with Gasteiger partial charge in [-0.3, -0.25) is 4.68 Å². The second-order valence-electron chi connectivity index (χ2n) is 4.92. The van der Waals surface area contributed by atoms with Crippen molar-refractivity contribution in [2.45, 2.75) is 58.9 Å². The summed E-state index contributed by atoms with van der Waals surface area (Å²) in [7, 11) is -3.03. The third kappa shape index (κ3) is 3.57. The summed E-state index contributed by atoms with van der Waals surface area (Å²) in [6.45, 7) is 8.38. The van der Waals surface area contributed by atoms with Gasteiger partial charge < -0.3 is 5.73 Å². The van der Waals surface area contributed by atoms with Crippen LogP contribution in [0.2, 0.25) is 0 Å². The van der Waals surface area contributed by atoms with Crippen molar-refractivity contribution in [3.8, 4) is 0 Å². The normalized spacial score (nSPS) is 12.3. The van der Waals surface area contributed by atoms with Crippen LogP contribution in [0.3, 0.4) is 0 Å². The maximum Gasteiger partial charge on any atom is 0.154 e. The molecule has 0 aliphatic heterocycles. The molecule has 1 aromatic heterocycles. The van der Waals surface area contributed by atoms with Crippen molar-refractivity contribution in [2.75, 3.05) is 5.75 Å². The summed E-state index contributed by atoms with van der Waals surface area (Å²) >= 11 is 0. The molecule has 1 heterocycles. The first-order valence-corrected chi connectivity index (χ1v) is 8.57. The minimum absolute atomic E-state index is 0.131. The quantitative estimate of drug-likeness (QED) is 0.819. The van der Waals surface area contributed by atoms with Crippen molar-refractivity contribution >= 4 is 9.84 Å². The zero-order chi connectivity index (χ0) is 14.6. The van der Waals surface area contributed by atoms with E-state index in [1.54, 1.807) is 13.8 Å². The molecule has 0 atom stereocenters. The number of sulfone groups is 1. The molecule has 2 N–H and O–H groups in total. The highest BCUT2D eigenvalue weighted by Crippen LogP contribution is 2.16. The standard InChI is InChI=1S/C13H25N3O2S/c1-5-12-11(9-14)13(6-2)16(15-12)7-8-19(17,18)10(3)4/h10H,5-9,14H2,1-4H3. The molecule has 0 aromatic carbocycles. The van der Waals surface area contributed by atoms with Gasteiger partial charge in [-0.2, -0.15) is 5.10 Å². The van der Waals surface area contributed by atoms with Crippen molar-refractivity contribution in [1.82, 2.24) is 9.78 Å². The zero-order valence-electron chi connectivity index (χ0n) is 12.3. The van der Waals surface area contributed by atoms with Gasteiger partial charge in [0.05, 0.1) is 23.2 Å². The molecule has 1 aromatic rings. The van der Waals surface area contributed by atoms with Gasteiger partial charge in [0.15, 0.2) is 9.84 Å². The molecule has 0 spiro atoms. The fourth-order valence-electron chi connectivity index (χ4n) is 2.14. The van der Waals surface area contributed by atoms with Crippen LogP contribution in [-0.2, 0) is 35.8 Å². The number of rotatable bonds is 7. The van der Waals surface area contributed by atoms with Crippen LogP contribution in [0.25, 0.3) is 0 Å². The van der Waals surface area contributed by atoms with Crippen LogP contribution in [0, 0.1) is 0 Å². The van der Waals surface area contributed by atoms with E-state index < -0.39 is 9.84 Å². The van der Waals surface area contributed by atoms with Crippen molar-refractivity contribution in [2.24, 2.45) is 5.73 Å². The third-order valence-electron chi connectivity index (χ3n) is 3.43. The Bertz CT molecular complexity index is 518. The molecule has 0 saturated carbocycles. The van der Waals surface area contributed by atoms with E-state index >= 15 is 0 Å². The lowest BCUT2D eigenvalue weighted by atomic mass is 10.1. The molecule has 0 aliphatic carbocycles. The second-order valence-corrected chi connectivity index (χ2v) is 7.60. The number of nitrogens with zero attached hydrogens (tertiary/aromatic N) is 2. The first-order valence-electron chi connectivity index (χ1n) is 6.86. The maximum atomic E-state index is 11.9. The summed E-state index contributed by atoms with van der Waals surface area (Å²) in [6.07, 6.45) is 1.64. The fraction of sp³-hybridized carbons (Fsp3) is 0.769. The van der Waals surface area contributed by atoms with E-state index in [2.05, 4.69) is 5.10 Å². The van der Waals surface area contributed by atoms with Gasteiger partial charge in [-0.1, -0.05) is 13.8 Å². The molecule has 0 saturated heterocycles. The SMILES string of the molecule is CCc1nn(CCS(=O)(=O)C(C)C)c(CC)c1CN. The first kappa shape index (κ1) is 16.2. The number of hydrogen-bond acceptors (Lipinski definition) is 4. The Hall–Kier alpha value is -0.880. The van der Waals surface area contributed by atoms with Gasteiger partial charge in [0.2, 0.25) is 0 Å². The van der Waals surface area contributed by atoms with E-state index in [0.29, 0.717) is 13.1 Å². The van der Waals surface area contributed by atoms with E-state index in [4.69, 9.17) is 5.73 Å². The van der Waals surface area contributed by atoms with E-state index in [1.807, 2.05) is 18.5 Å². The van der Waals surface area contributed by atoms with Crippen LogP contribution >= 0.6 is 0 Å². The monoisotopic (exact) mass is 287 g/mol. The molecule has 19 heavy (non-hydrogen) atoms. The predicted octanol–water partition coefficient (Wildman–Crippen LogP) is 1.29. The van der Waals surface area contributed by atoms with Gasteiger partial charge in [-0.05, 0) is 26.7 Å². The Morgan fingerprint density at radius 2 is 1.89 bits per heavy atom.